The Hall–Kier alpha value is -1.26. The second-order valence-corrected chi connectivity index (χ2v) is 6.46. The molecule has 0 spiro atoms. The van der Waals surface area contributed by atoms with Crippen molar-refractivity contribution in [2.24, 2.45) is 11.1 Å². The van der Waals surface area contributed by atoms with Gasteiger partial charge in [-0.1, -0.05) is 32.0 Å². The van der Waals surface area contributed by atoms with Crippen LogP contribution in [0.3, 0.4) is 0 Å². The largest absolute Gasteiger partial charge is 0.494 e. The molecule has 0 bridgehead atoms. The van der Waals surface area contributed by atoms with Crippen LogP contribution in [0.4, 0.5) is 0 Å². The standard InChI is InChI=1S/C17H26N2O2.ClH/c1-17(2)13-19(11-10-15(17)18)16(20)9-6-12-21-14-7-4-3-5-8-14;/h3-5,7-8,15H,6,9-13,18H2,1-2H3;1H. The molecule has 1 heterocycles. The Morgan fingerprint density at radius 2 is 2.05 bits per heavy atom. The summed E-state index contributed by atoms with van der Waals surface area (Å²) < 4.78 is 5.61. The molecule has 2 N–H and O–H groups in total. The first-order valence-electron chi connectivity index (χ1n) is 7.70. The van der Waals surface area contributed by atoms with Gasteiger partial charge in [0, 0.05) is 25.6 Å². The monoisotopic (exact) mass is 326 g/mol. The molecule has 0 aromatic heterocycles. The van der Waals surface area contributed by atoms with E-state index in [-0.39, 0.29) is 29.8 Å². The zero-order valence-corrected chi connectivity index (χ0v) is 14.3. The van der Waals surface area contributed by atoms with Crippen LogP contribution in [0.15, 0.2) is 30.3 Å². The highest BCUT2D eigenvalue weighted by atomic mass is 35.5. The maximum atomic E-state index is 12.2. The molecular formula is C17H27ClN2O2. The molecule has 1 aliphatic rings. The second-order valence-electron chi connectivity index (χ2n) is 6.46. The molecule has 1 fully saturated rings. The molecule has 2 rings (SSSR count). The third-order valence-electron chi connectivity index (χ3n) is 4.21. The third-order valence-corrected chi connectivity index (χ3v) is 4.21. The number of amides is 1. The Balaban J connectivity index is 0.00000242. The van der Waals surface area contributed by atoms with Crippen LogP contribution in [-0.4, -0.2) is 36.5 Å². The van der Waals surface area contributed by atoms with Gasteiger partial charge in [-0.15, -0.1) is 12.4 Å². The summed E-state index contributed by atoms with van der Waals surface area (Å²) in [6, 6.07) is 9.88. The molecule has 0 aliphatic carbocycles. The van der Waals surface area contributed by atoms with E-state index in [0.29, 0.717) is 13.0 Å². The summed E-state index contributed by atoms with van der Waals surface area (Å²) in [5.41, 5.74) is 6.11. The van der Waals surface area contributed by atoms with E-state index in [0.717, 1.165) is 31.7 Å². The highest BCUT2D eigenvalue weighted by molar-refractivity contribution is 5.85. The number of halogens is 1. The van der Waals surface area contributed by atoms with E-state index in [1.807, 2.05) is 35.2 Å². The number of hydrogen-bond donors (Lipinski definition) is 1. The highest BCUT2D eigenvalue weighted by Gasteiger charge is 2.34. The van der Waals surface area contributed by atoms with Crippen LogP contribution in [0.5, 0.6) is 5.75 Å². The van der Waals surface area contributed by atoms with Crippen molar-refractivity contribution >= 4 is 18.3 Å². The number of carbonyl (C=O) groups excluding carboxylic acids is 1. The smallest absolute Gasteiger partial charge is 0.222 e. The van der Waals surface area contributed by atoms with Crippen LogP contribution >= 0.6 is 12.4 Å². The van der Waals surface area contributed by atoms with Crippen LogP contribution in [0.25, 0.3) is 0 Å². The van der Waals surface area contributed by atoms with Crippen molar-refractivity contribution in [3.8, 4) is 5.75 Å². The van der Waals surface area contributed by atoms with Gasteiger partial charge >= 0.3 is 0 Å². The Morgan fingerprint density at radius 3 is 2.68 bits per heavy atom. The molecular weight excluding hydrogens is 300 g/mol. The van der Waals surface area contributed by atoms with E-state index in [1.54, 1.807) is 0 Å². The zero-order chi connectivity index (χ0) is 15.3. The molecule has 5 heteroatoms. The molecule has 4 nitrogen and oxygen atoms in total. The summed E-state index contributed by atoms with van der Waals surface area (Å²) in [6.07, 6.45) is 2.17. The third kappa shape index (κ3) is 5.18. The molecule has 0 radical (unpaired) electrons. The van der Waals surface area contributed by atoms with Crippen molar-refractivity contribution in [1.82, 2.24) is 4.90 Å². The number of carbonyl (C=O) groups is 1. The van der Waals surface area contributed by atoms with Gasteiger partial charge in [0.05, 0.1) is 6.61 Å². The van der Waals surface area contributed by atoms with Crippen molar-refractivity contribution in [2.75, 3.05) is 19.7 Å². The topological polar surface area (TPSA) is 55.6 Å². The average Bonchev–Trinajstić information content (AvgIpc) is 2.47. The van der Waals surface area contributed by atoms with Crippen LogP contribution < -0.4 is 10.5 Å². The SMILES string of the molecule is CC1(C)CN(C(=O)CCCOc2ccccc2)CCC1N.Cl. The number of para-hydroxylation sites is 1. The van der Waals surface area contributed by atoms with Crippen molar-refractivity contribution in [1.29, 1.82) is 0 Å². The number of ether oxygens (including phenoxy) is 1. The molecule has 1 aliphatic heterocycles. The number of benzene rings is 1. The summed E-state index contributed by atoms with van der Waals surface area (Å²) in [4.78, 5) is 14.2. The van der Waals surface area contributed by atoms with Gasteiger partial charge in [-0.05, 0) is 30.4 Å². The fourth-order valence-corrected chi connectivity index (χ4v) is 2.68. The maximum Gasteiger partial charge on any atom is 0.222 e. The van der Waals surface area contributed by atoms with E-state index in [1.165, 1.54) is 0 Å². The molecule has 1 atom stereocenters. The molecule has 124 valence electrons. The maximum absolute atomic E-state index is 12.2. The zero-order valence-electron chi connectivity index (χ0n) is 13.5. The molecule has 1 amide bonds. The van der Waals surface area contributed by atoms with Gasteiger partial charge in [0.25, 0.3) is 0 Å². The minimum Gasteiger partial charge on any atom is -0.494 e. The van der Waals surface area contributed by atoms with E-state index in [2.05, 4.69) is 13.8 Å². The first kappa shape index (κ1) is 18.8. The van der Waals surface area contributed by atoms with Gasteiger partial charge in [0.15, 0.2) is 0 Å². The minimum absolute atomic E-state index is 0. The lowest BCUT2D eigenvalue weighted by atomic mass is 9.79. The van der Waals surface area contributed by atoms with Crippen LogP contribution in [0.1, 0.15) is 33.1 Å². The predicted octanol–water partition coefficient (Wildman–Crippen LogP) is 2.85. The first-order chi connectivity index (χ1) is 9.99. The Labute approximate surface area is 139 Å². The fraction of sp³-hybridized carbons (Fsp3) is 0.588. The number of rotatable bonds is 5. The molecule has 1 aromatic carbocycles. The Morgan fingerprint density at radius 1 is 1.36 bits per heavy atom. The van der Waals surface area contributed by atoms with Gasteiger partial charge in [-0.3, -0.25) is 4.79 Å². The number of nitrogens with zero attached hydrogens (tertiary/aromatic N) is 1. The van der Waals surface area contributed by atoms with Gasteiger partial charge in [0.2, 0.25) is 5.91 Å². The fourth-order valence-electron chi connectivity index (χ4n) is 2.68. The predicted molar refractivity (Wildman–Crippen MR) is 91.4 cm³/mol. The number of likely N-dealkylation sites (tertiary alicyclic amines) is 1. The number of piperidine rings is 1. The highest BCUT2D eigenvalue weighted by Crippen LogP contribution is 2.28. The summed E-state index contributed by atoms with van der Waals surface area (Å²) in [7, 11) is 0. The molecule has 1 unspecified atom stereocenters. The Bertz CT molecular complexity index is 465. The molecule has 1 aromatic rings. The van der Waals surface area contributed by atoms with Gasteiger partial charge in [-0.25, -0.2) is 0 Å². The average molecular weight is 327 g/mol. The molecule has 22 heavy (non-hydrogen) atoms. The van der Waals surface area contributed by atoms with Crippen LogP contribution in [0, 0.1) is 5.41 Å². The van der Waals surface area contributed by atoms with Crippen molar-refractivity contribution < 1.29 is 9.53 Å². The summed E-state index contributed by atoms with van der Waals surface area (Å²) in [5.74, 6) is 1.07. The molecule has 1 saturated heterocycles. The number of hydrogen-bond acceptors (Lipinski definition) is 3. The minimum atomic E-state index is 0. The van der Waals surface area contributed by atoms with E-state index >= 15 is 0 Å². The van der Waals surface area contributed by atoms with Crippen LogP contribution in [0.2, 0.25) is 0 Å². The van der Waals surface area contributed by atoms with E-state index < -0.39 is 0 Å². The second kappa shape index (κ2) is 8.39. The normalized spacial score (nSPS) is 20.1. The van der Waals surface area contributed by atoms with Crippen molar-refractivity contribution in [2.45, 2.75) is 39.2 Å². The van der Waals surface area contributed by atoms with Gasteiger partial charge < -0.3 is 15.4 Å². The first-order valence-corrected chi connectivity index (χ1v) is 7.70. The van der Waals surface area contributed by atoms with Gasteiger partial charge in [-0.2, -0.15) is 0 Å². The van der Waals surface area contributed by atoms with Crippen LogP contribution in [-0.2, 0) is 4.79 Å². The summed E-state index contributed by atoms with van der Waals surface area (Å²) in [5, 5.41) is 0. The van der Waals surface area contributed by atoms with E-state index in [9.17, 15) is 4.79 Å². The lowest BCUT2D eigenvalue weighted by Gasteiger charge is -2.42. The van der Waals surface area contributed by atoms with Crippen molar-refractivity contribution in [3.63, 3.8) is 0 Å². The summed E-state index contributed by atoms with van der Waals surface area (Å²) >= 11 is 0. The summed E-state index contributed by atoms with van der Waals surface area (Å²) in [6.45, 7) is 6.38. The Kier molecular flexibility index (Phi) is 7.17. The van der Waals surface area contributed by atoms with Crippen molar-refractivity contribution in [3.05, 3.63) is 30.3 Å². The lowest BCUT2D eigenvalue weighted by Crippen LogP contribution is -2.54. The lowest BCUT2D eigenvalue weighted by molar-refractivity contribution is -0.134. The molecule has 0 saturated carbocycles. The number of nitrogens with two attached hydrogens (primary N) is 1. The quantitative estimate of drug-likeness (QED) is 0.846. The van der Waals surface area contributed by atoms with E-state index in [4.69, 9.17) is 10.5 Å². The van der Waals surface area contributed by atoms with Gasteiger partial charge in [0.1, 0.15) is 5.75 Å².